The smallest absolute Gasteiger partial charge is 0.269 e. The number of aryl methyl sites for hydroxylation is 2. The van der Waals surface area contributed by atoms with E-state index in [-0.39, 0.29) is 24.1 Å². The summed E-state index contributed by atoms with van der Waals surface area (Å²) in [4.78, 5) is 39.0. The number of rotatable bonds is 7. The Morgan fingerprint density at radius 2 is 1.81 bits per heavy atom. The highest BCUT2D eigenvalue weighted by atomic mass is 32.2. The molecular weight excluding hydrogens is 442 g/mol. The van der Waals surface area contributed by atoms with Crippen LogP contribution in [-0.2, 0) is 16.0 Å². The van der Waals surface area contributed by atoms with Crippen molar-refractivity contribution in [2.24, 2.45) is 0 Å². The molecule has 0 atom stereocenters. The van der Waals surface area contributed by atoms with Gasteiger partial charge in [-0.15, -0.1) is 0 Å². The third-order valence-electron chi connectivity index (χ3n) is 5.05. The molecule has 3 amide bonds. The Labute approximate surface area is 197 Å². The molecule has 2 N–H and O–H groups in total. The van der Waals surface area contributed by atoms with Crippen LogP contribution in [0.1, 0.15) is 46.8 Å². The first kappa shape index (κ1) is 23.7. The highest BCUT2D eigenvalue weighted by molar-refractivity contribution is 8.26. The summed E-state index contributed by atoms with van der Waals surface area (Å²) in [6.45, 7) is 4.27. The molecule has 32 heavy (non-hydrogen) atoms. The third kappa shape index (κ3) is 6.05. The van der Waals surface area contributed by atoms with Gasteiger partial charge in [-0.3, -0.25) is 30.1 Å². The molecule has 1 fully saturated rings. The number of benzene rings is 2. The number of hydrogen-bond acceptors (Lipinski definition) is 5. The number of hydrazine groups is 1. The molecule has 0 unspecified atom stereocenters. The number of thioether (sulfide) groups is 1. The fraction of sp³-hybridized carbons (Fsp3) is 0.250. The van der Waals surface area contributed by atoms with E-state index in [1.165, 1.54) is 22.2 Å². The van der Waals surface area contributed by atoms with E-state index in [2.05, 4.69) is 17.8 Å². The molecule has 166 valence electrons. The summed E-state index contributed by atoms with van der Waals surface area (Å²) in [6, 6.07) is 15.2. The van der Waals surface area contributed by atoms with E-state index in [1.807, 2.05) is 49.4 Å². The fourth-order valence-corrected chi connectivity index (χ4v) is 4.48. The zero-order valence-electron chi connectivity index (χ0n) is 18.0. The van der Waals surface area contributed by atoms with Crippen molar-refractivity contribution >= 4 is 52.1 Å². The van der Waals surface area contributed by atoms with Gasteiger partial charge in [0.25, 0.3) is 11.8 Å². The molecule has 1 aliphatic rings. The third-order valence-corrected chi connectivity index (χ3v) is 6.43. The van der Waals surface area contributed by atoms with Gasteiger partial charge >= 0.3 is 0 Å². The Kier molecular flexibility index (Phi) is 8.19. The maximum Gasteiger partial charge on any atom is 0.269 e. The number of carbonyl (C=O) groups is 3. The summed E-state index contributed by atoms with van der Waals surface area (Å²) in [5.41, 5.74) is 8.35. The maximum atomic E-state index is 12.7. The molecule has 0 aromatic heterocycles. The van der Waals surface area contributed by atoms with Crippen molar-refractivity contribution in [3.8, 4) is 0 Å². The molecule has 1 heterocycles. The van der Waals surface area contributed by atoms with E-state index in [0.29, 0.717) is 27.8 Å². The van der Waals surface area contributed by atoms with Crippen molar-refractivity contribution in [2.45, 2.75) is 33.1 Å². The van der Waals surface area contributed by atoms with Gasteiger partial charge in [-0.1, -0.05) is 73.4 Å². The molecule has 0 spiro atoms. The lowest BCUT2D eigenvalue weighted by Gasteiger charge is -2.14. The van der Waals surface area contributed by atoms with Gasteiger partial charge in [0.15, 0.2) is 0 Å². The van der Waals surface area contributed by atoms with Crippen molar-refractivity contribution in [1.82, 2.24) is 15.8 Å². The van der Waals surface area contributed by atoms with Crippen LogP contribution in [0.5, 0.6) is 0 Å². The topological polar surface area (TPSA) is 78.5 Å². The normalized spacial score (nSPS) is 14.7. The fourth-order valence-electron chi connectivity index (χ4n) is 3.18. The van der Waals surface area contributed by atoms with E-state index in [1.54, 1.807) is 12.1 Å². The number of nitrogens with zero attached hydrogens (tertiary/aromatic N) is 1. The first-order valence-corrected chi connectivity index (χ1v) is 11.6. The first-order valence-electron chi connectivity index (χ1n) is 10.4. The molecule has 0 bridgehead atoms. The van der Waals surface area contributed by atoms with Crippen LogP contribution in [-0.4, -0.2) is 33.5 Å². The summed E-state index contributed by atoms with van der Waals surface area (Å²) in [7, 11) is 0. The van der Waals surface area contributed by atoms with Gasteiger partial charge < -0.3 is 0 Å². The zero-order valence-corrected chi connectivity index (χ0v) is 19.6. The zero-order chi connectivity index (χ0) is 23.1. The minimum absolute atomic E-state index is 0.146. The van der Waals surface area contributed by atoms with Crippen LogP contribution in [0.4, 0.5) is 0 Å². The van der Waals surface area contributed by atoms with Gasteiger partial charge in [0.1, 0.15) is 4.32 Å². The molecule has 0 aliphatic carbocycles. The predicted molar refractivity (Wildman–Crippen MR) is 132 cm³/mol. The number of carbonyl (C=O) groups excluding carboxylic acids is 3. The average molecular weight is 468 g/mol. The largest absolute Gasteiger partial charge is 0.293 e. The SMILES string of the molecule is CCc1ccc(/C=C2\SC(=S)N(CCCC(=O)NNC(=O)c3ccccc3C)C2=O)cc1. The Balaban J connectivity index is 1.47. The second kappa shape index (κ2) is 11.1. The van der Waals surface area contributed by atoms with E-state index in [4.69, 9.17) is 12.2 Å². The van der Waals surface area contributed by atoms with E-state index in [9.17, 15) is 14.4 Å². The van der Waals surface area contributed by atoms with Crippen LogP contribution in [0.3, 0.4) is 0 Å². The average Bonchev–Trinajstić information content (AvgIpc) is 3.05. The van der Waals surface area contributed by atoms with E-state index < -0.39 is 0 Å². The highest BCUT2D eigenvalue weighted by Crippen LogP contribution is 2.32. The summed E-state index contributed by atoms with van der Waals surface area (Å²) in [5.74, 6) is -0.845. The summed E-state index contributed by atoms with van der Waals surface area (Å²) >= 11 is 6.62. The lowest BCUT2D eigenvalue weighted by molar-refractivity contribution is -0.124. The Morgan fingerprint density at radius 3 is 2.50 bits per heavy atom. The summed E-state index contributed by atoms with van der Waals surface area (Å²) in [5, 5.41) is 0. The van der Waals surface area contributed by atoms with Gasteiger partial charge in [0, 0.05) is 18.5 Å². The van der Waals surface area contributed by atoms with Crippen LogP contribution < -0.4 is 10.9 Å². The molecule has 0 saturated carbocycles. The lowest BCUT2D eigenvalue weighted by atomic mass is 10.1. The van der Waals surface area contributed by atoms with Crippen LogP contribution in [0, 0.1) is 6.92 Å². The number of nitrogens with one attached hydrogen (secondary N) is 2. The highest BCUT2D eigenvalue weighted by Gasteiger charge is 2.31. The quantitative estimate of drug-likeness (QED) is 0.366. The van der Waals surface area contributed by atoms with E-state index >= 15 is 0 Å². The van der Waals surface area contributed by atoms with Gasteiger partial charge in [-0.25, -0.2) is 0 Å². The Hall–Kier alpha value is -2.97. The first-order chi connectivity index (χ1) is 15.4. The van der Waals surface area contributed by atoms with Crippen molar-refractivity contribution in [2.75, 3.05) is 6.54 Å². The summed E-state index contributed by atoms with van der Waals surface area (Å²) in [6.07, 6.45) is 3.39. The Morgan fingerprint density at radius 1 is 1.09 bits per heavy atom. The standard InChI is InChI=1S/C24H25N3O3S2/c1-3-17-10-12-18(13-11-17)15-20-23(30)27(24(31)32-20)14-6-9-21(28)25-26-22(29)19-8-5-4-7-16(19)2/h4-5,7-8,10-13,15H,3,6,9,14H2,1-2H3,(H,25,28)(H,26,29)/b20-15-. The van der Waals surface area contributed by atoms with Gasteiger partial charge in [-0.05, 0) is 48.6 Å². The molecule has 1 aliphatic heterocycles. The van der Waals surface area contributed by atoms with Crippen LogP contribution in [0.25, 0.3) is 6.08 Å². The molecular formula is C24H25N3O3S2. The second-order valence-electron chi connectivity index (χ2n) is 7.35. The van der Waals surface area contributed by atoms with Gasteiger partial charge in [-0.2, -0.15) is 0 Å². The van der Waals surface area contributed by atoms with Crippen molar-refractivity contribution in [3.05, 3.63) is 75.7 Å². The van der Waals surface area contributed by atoms with Crippen LogP contribution in [0.15, 0.2) is 53.4 Å². The minimum atomic E-state index is -0.370. The molecule has 1 saturated heterocycles. The molecule has 2 aromatic rings. The molecule has 3 rings (SSSR count). The molecule has 8 heteroatoms. The predicted octanol–water partition coefficient (Wildman–Crippen LogP) is 4.00. The van der Waals surface area contributed by atoms with Crippen LogP contribution >= 0.6 is 24.0 Å². The van der Waals surface area contributed by atoms with Gasteiger partial charge in [0.2, 0.25) is 5.91 Å². The van der Waals surface area contributed by atoms with Crippen LogP contribution in [0.2, 0.25) is 0 Å². The van der Waals surface area contributed by atoms with Crippen molar-refractivity contribution < 1.29 is 14.4 Å². The monoisotopic (exact) mass is 467 g/mol. The second-order valence-corrected chi connectivity index (χ2v) is 9.03. The Bertz CT molecular complexity index is 1060. The number of thiocarbonyl (C=S) groups is 1. The lowest BCUT2D eigenvalue weighted by Crippen LogP contribution is -2.42. The molecule has 2 aromatic carbocycles. The number of hydrogen-bond donors (Lipinski definition) is 2. The maximum absolute atomic E-state index is 12.7. The van der Waals surface area contributed by atoms with Gasteiger partial charge in [0.05, 0.1) is 4.91 Å². The van der Waals surface area contributed by atoms with Crippen molar-refractivity contribution in [3.63, 3.8) is 0 Å². The molecule has 6 nitrogen and oxygen atoms in total. The summed E-state index contributed by atoms with van der Waals surface area (Å²) < 4.78 is 0.486. The van der Waals surface area contributed by atoms with Crippen molar-refractivity contribution in [1.29, 1.82) is 0 Å². The molecule has 0 radical (unpaired) electrons. The minimum Gasteiger partial charge on any atom is -0.293 e. The van der Waals surface area contributed by atoms with E-state index in [0.717, 1.165) is 17.5 Å². The number of amides is 3.